The minimum absolute atomic E-state index is 0.0324. The first-order valence-electron chi connectivity index (χ1n) is 11.7. The molecule has 0 saturated carbocycles. The molecular formula is C27H34N2O3. The van der Waals surface area contributed by atoms with Crippen molar-refractivity contribution in [2.24, 2.45) is 5.92 Å². The van der Waals surface area contributed by atoms with E-state index in [0.29, 0.717) is 0 Å². The molecule has 2 aliphatic rings. The van der Waals surface area contributed by atoms with Gasteiger partial charge in [-0.2, -0.15) is 0 Å². The first-order chi connectivity index (χ1) is 15.3. The highest BCUT2D eigenvalue weighted by Crippen LogP contribution is 2.43. The molecule has 2 amide bonds. The second-order valence-corrected chi connectivity index (χ2v) is 9.94. The van der Waals surface area contributed by atoms with E-state index in [9.17, 15) is 14.7 Å². The van der Waals surface area contributed by atoms with E-state index in [1.165, 1.54) is 5.56 Å². The van der Waals surface area contributed by atoms with Gasteiger partial charge in [-0.15, -0.1) is 0 Å². The summed E-state index contributed by atoms with van der Waals surface area (Å²) in [6.45, 7) is 6.86. The van der Waals surface area contributed by atoms with Gasteiger partial charge in [-0.05, 0) is 55.9 Å². The maximum atomic E-state index is 13.7. The van der Waals surface area contributed by atoms with E-state index in [0.717, 1.165) is 37.8 Å². The number of carbonyl (C=O) groups excluding carboxylic acids is 2. The second-order valence-electron chi connectivity index (χ2n) is 9.94. The number of amides is 2. The van der Waals surface area contributed by atoms with Crippen molar-refractivity contribution in [2.75, 3.05) is 6.54 Å². The standard InChI is InChI=1S/C27H34N2O3/c1-19(2)26(32)28-14-8-13-23-24(28)18-27(3,17-20-9-5-4-6-10-20)29(23)25(31)16-21-11-7-12-22(30)15-21/h4-7,9-12,15,19,23-24,30H,8,13-14,16-18H2,1-3H3/t23-,24-,27+/m0/s1. The summed E-state index contributed by atoms with van der Waals surface area (Å²) in [5, 5.41) is 9.85. The Hall–Kier alpha value is -2.82. The molecule has 0 radical (unpaired) electrons. The third-order valence-electron chi connectivity index (χ3n) is 7.04. The lowest BCUT2D eigenvalue weighted by Crippen LogP contribution is -2.55. The van der Waals surface area contributed by atoms with Gasteiger partial charge in [0, 0.05) is 18.0 Å². The predicted molar refractivity (Wildman–Crippen MR) is 125 cm³/mol. The van der Waals surface area contributed by atoms with Gasteiger partial charge in [0.25, 0.3) is 0 Å². The third kappa shape index (κ3) is 4.38. The maximum Gasteiger partial charge on any atom is 0.227 e. The number of phenols is 1. The lowest BCUT2D eigenvalue weighted by atomic mass is 9.87. The van der Waals surface area contributed by atoms with Crippen LogP contribution in [0.4, 0.5) is 0 Å². The number of phenolic OH excluding ortho intramolecular Hbond substituents is 1. The van der Waals surface area contributed by atoms with E-state index in [-0.39, 0.29) is 47.5 Å². The fraction of sp³-hybridized carbons (Fsp3) is 0.481. The minimum Gasteiger partial charge on any atom is -0.508 e. The predicted octanol–water partition coefficient (Wildman–Crippen LogP) is 4.18. The fourth-order valence-corrected chi connectivity index (χ4v) is 5.74. The third-order valence-corrected chi connectivity index (χ3v) is 7.04. The minimum atomic E-state index is -0.371. The fourth-order valence-electron chi connectivity index (χ4n) is 5.74. The van der Waals surface area contributed by atoms with Crippen molar-refractivity contribution in [1.29, 1.82) is 0 Å². The summed E-state index contributed by atoms with van der Waals surface area (Å²) in [7, 11) is 0. The number of hydrogen-bond donors (Lipinski definition) is 1. The Kier molecular flexibility index (Phi) is 6.27. The molecule has 2 heterocycles. The van der Waals surface area contributed by atoms with Crippen LogP contribution in [0.5, 0.6) is 5.75 Å². The molecule has 2 aromatic carbocycles. The van der Waals surface area contributed by atoms with Gasteiger partial charge >= 0.3 is 0 Å². The highest BCUT2D eigenvalue weighted by Gasteiger charge is 2.54. The molecule has 0 aromatic heterocycles. The van der Waals surface area contributed by atoms with Crippen molar-refractivity contribution in [1.82, 2.24) is 9.80 Å². The van der Waals surface area contributed by atoms with Crippen molar-refractivity contribution in [3.8, 4) is 5.75 Å². The molecule has 2 fully saturated rings. The van der Waals surface area contributed by atoms with Crippen LogP contribution in [-0.2, 0) is 22.4 Å². The molecule has 32 heavy (non-hydrogen) atoms. The molecule has 0 unspecified atom stereocenters. The zero-order valence-corrected chi connectivity index (χ0v) is 19.3. The molecule has 0 spiro atoms. The molecule has 0 bridgehead atoms. The number of aromatic hydroxyl groups is 1. The summed E-state index contributed by atoms with van der Waals surface area (Å²) in [6, 6.07) is 17.3. The van der Waals surface area contributed by atoms with E-state index >= 15 is 0 Å². The number of rotatable bonds is 5. The van der Waals surface area contributed by atoms with E-state index in [2.05, 4.69) is 24.0 Å². The topological polar surface area (TPSA) is 60.9 Å². The van der Waals surface area contributed by atoms with Crippen molar-refractivity contribution in [3.05, 3.63) is 65.7 Å². The molecule has 1 N–H and O–H groups in total. The first kappa shape index (κ1) is 22.4. The largest absolute Gasteiger partial charge is 0.508 e. The molecule has 4 rings (SSSR count). The second kappa shape index (κ2) is 8.97. The van der Waals surface area contributed by atoms with Crippen LogP contribution in [0.3, 0.4) is 0 Å². The van der Waals surface area contributed by atoms with E-state index in [1.807, 2.05) is 43.0 Å². The van der Waals surface area contributed by atoms with Crippen molar-refractivity contribution in [2.45, 2.75) is 70.5 Å². The van der Waals surface area contributed by atoms with Gasteiger partial charge in [0.05, 0.1) is 18.5 Å². The Morgan fingerprint density at radius 3 is 2.47 bits per heavy atom. The summed E-state index contributed by atoms with van der Waals surface area (Å²) in [5.41, 5.74) is 1.64. The highest BCUT2D eigenvalue weighted by molar-refractivity contribution is 5.82. The summed E-state index contributed by atoms with van der Waals surface area (Å²) >= 11 is 0. The van der Waals surface area contributed by atoms with Crippen LogP contribution < -0.4 is 0 Å². The van der Waals surface area contributed by atoms with Gasteiger partial charge in [-0.3, -0.25) is 9.59 Å². The first-order valence-corrected chi connectivity index (χ1v) is 11.7. The van der Waals surface area contributed by atoms with Gasteiger partial charge in [-0.25, -0.2) is 0 Å². The van der Waals surface area contributed by atoms with E-state index in [4.69, 9.17) is 0 Å². The van der Waals surface area contributed by atoms with Crippen LogP contribution in [0.1, 0.15) is 51.2 Å². The van der Waals surface area contributed by atoms with Crippen LogP contribution in [0, 0.1) is 5.92 Å². The molecule has 5 heteroatoms. The number of hydrogen-bond acceptors (Lipinski definition) is 3. The number of likely N-dealkylation sites (tertiary alicyclic amines) is 2. The van der Waals surface area contributed by atoms with Crippen LogP contribution >= 0.6 is 0 Å². The average molecular weight is 435 g/mol. The van der Waals surface area contributed by atoms with Crippen LogP contribution in [-0.4, -0.2) is 50.9 Å². The molecule has 0 aliphatic carbocycles. The van der Waals surface area contributed by atoms with E-state index in [1.54, 1.807) is 18.2 Å². The molecule has 170 valence electrons. The Balaban J connectivity index is 1.67. The zero-order chi connectivity index (χ0) is 22.9. The van der Waals surface area contributed by atoms with Gasteiger partial charge in [-0.1, -0.05) is 56.3 Å². The molecule has 2 aromatic rings. The smallest absolute Gasteiger partial charge is 0.227 e. The summed E-state index contributed by atoms with van der Waals surface area (Å²) in [6.07, 6.45) is 3.63. The quantitative estimate of drug-likeness (QED) is 0.768. The van der Waals surface area contributed by atoms with Gasteiger partial charge in [0.15, 0.2) is 0 Å². The monoisotopic (exact) mass is 434 g/mol. The molecule has 2 saturated heterocycles. The SMILES string of the molecule is CC(C)C(=O)N1CCC[C@H]2[C@@H]1C[C@@](C)(Cc1ccccc1)N2C(=O)Cc1cccc(O)c1. The number of carbonyl (C=O) groups is 2. The lowest BCUT2D eigenvalue weighted by molar-refractivity contribution is -0.143. The van der Waals surface area contributed by atoms with Crippen molar-refractivity contribution < 1.29 is 14.7 Å². The van der Waals surface area contributed by atoms with Crippen LogP contribution in [0.15, 0.2) is 54.6 Å². The van der Waals surface area contributed by atoms with Gasteiger partial charge < -0.3 is 14.9 Å². The number of benzene rings is 2. The van der Waals surface area contributed by atoms with Gasteiger partial charge in [0.2, 0.25) is 11.8 Å². The Labute approximate surface area is 191 Å². The number of nitrogens with zero attached hydrogens (tertiary/aromatic N) is 2. The van der Waals surface area contributed by atoms with Crippen LogP contribution in [0.25, 0.3) is 0 Å². The molecular weight excluding hydrogens is 400 g/mol. The molecule has 2 aliphatic heterocycles. The van der Waals surface area contributed by atoms with Gasteiger partial charge in [0.1, 0.15) is 5.75 Å². The molecule has 3 atom stereocenters. The number of piperidine rings is 1. The normalized spacial score (nSPS) is 25.1. The molecule has 5 nitrogen and oxygen atoms in total. The number of fused-ring (bicyclic) bond motifs is 1. The Morgan fingerprint density at radius 2 is 1.78 bits per heavy atom. The van der Waals surface area contributed by atoms with Crippen molar-refractivity contribution in [3.63, 3.8) is 0 Å². The van der Waals surface area contributed by atoms with Crippen molar-refractivity contribution >= 4 is 11.8 Å². The van der Waals surface area contributed by atoms with Crippen LogP contribution in [0.2, 0.25) is 0 Å². The average Bonchev–Trinajstić information content (AvgIpc) is 3.05. The Bertz CT molecular complexity index is 974. The lowest BCUT2D eigenvalue weighted by Gasteiger charge is -2.42. The Morgan fingerprint density at radius 1 is 1.06 bits per heavy atom. The highest BCUT2D eigenvalue weighted by atomic mass is 16.3. The maximum absolute atomic E-state index is 13.7. The summed E-state index contributed by atoms with van der Waals surface area (Å²) in [5.74, 6) is 0.378. The zero-order valence-electron chi connectivity index (χ0n) is 19.3. The van der Waals surface area contributed by atoms with E-state index < -0.39 is 0 Å². The summed E-state index contributed by atoms with van der Waals surface area (Å²) < 4.78 is 0. The summed E-state index contributed by atoms with van der Waals surface area (Å²) in [4.78, 5) is 30.9.